The van der Waals surface area contributed by atoms with Gasteiger partial charge in [0.15, 0.2) is 0 Å². The third-order valence-electron chi connectivity index (χ3n) is 4.24. The van der Waals surface area contributed by atoms with Gasteiger partial charge in [0.2, 0.25) is 0 Å². The minimum Gasteiger partial charge on any atom is -0.350 e. The number of carbonyl (C=O) groups is 2. The second-order valence-corrected chi connectivity index (χ2v) is 8.78. The molecule has 0 spiro atoms. The van der Waals surface area contributed by atoms with Crippen molar-refractivity contribution < 1.29 is 9.59 Å². The van der Waals surface area contributed by atoms with Crippen LogP contribution in [-0.2, 0) is 10.5 Å². The lowest BCUT2D eigenvalue weighted by atomic mass is 10.2. The summed E-state index contributed by atoms with van der Waals surface area (Å²) >= 11 is 3.28. The number of hydrogen-bond donors (Lipinski definition) is 2. The zero-order valence-electron chi connectivity index (χ0n) is 16.8. The molecule has 0 saturated heterocycles. The molecule has 3 aromatic rings. The molecule has 3 rings (SSSR count). The van der Waals surface area contributed by atoms with Gasteiger partial charge in [-0.1, -0.05) is 54.1 Å². The van der Waals surface area contributed by atoms with Crippen LogP contribution >= 0.6 is 23.1 Å². The van der Waals surface area contributed by atoms with Crippen molar-refractivity contribution in [2.75, 3.05) is 12.3 Å². The molecule has 1 aromatic heterocycles. The van der Waals surface area contributed by atoms with E-state index in [2.05, 4.69) is 41.8 Å². The first-order valence-electron chi connectivity index (χ1n) is 9.65. The standard InChI is InChI=1S/C24H24N2O2S2/c1-18-7-5-8-19(15-18)17-29-14-12-25-24(28)22(16-21-11-6-13-30-21)26-23(27)20-9-3-2-4-10-20/h2-11,13,15-16H,12,14,17H2,1H3,(H,25,28)(H,26,27)/b22-16-. The molecule has 2 N–H and O–H groups in total. The van der Waals surface area contributed by atoms with Gasteiger partial charge in [-0.3, -0.25) is 9.59 Å². The van der Waals surface area contributed by atoms with Gasteiger partial charge in [-0.05, 0) is 42.1 Å². The Balaban J connectivity index is 1.55. The summed E-state index contributed by atoms with van der Waals surface area (Å²) in [5, 5.41) is 7.60. The Morgan fingerprint density at radius 1 is 1.03 bits per heavy atom. The first-order chi connectivity index (χ1) is 14.6. The van der Waals surface area contributed by atoms with E-state index >= 15 is 0 Å². The molecule has 0 saturated carbocycles. The zero-order chi connectivity index (χ0) is 21.2. The lowest BCUT2D eigenvalue weighted by Gasteiger charge is -2.11. The zero-order valence-corrected chi connectivity index (χ0v) is 18.4. The number of rotatable bonds is 9. The van der Waals surface area contributed by atoms with Gasteiger partial charge in [0.25, 0.3) is 11.8 Å². The summed E-state index contributed by atoms with van der Waals surface area (Å²) in [6.07, 6.45) is 1.71. The van der Waals surface area contributed by atoms with E-state index < -0.39 is 0 Å². The van der Waals surface area contributed by atoms with E-state index in [-0.39, 0.29) is 17.5 Å². The molecule has 0 bridgehead atoms. The summed E-state index contributed by atoms with van der Waals surface area (Å²) in [6.45, 7) is 2.61. The molecule has 30 heavy (non-hydrogen) atoms. The highest BCUT2D eigenvalue weighted by molar-refractivity contribution is 7.98. The predicted molar refractivity (Wildman–Crippen MR) is 127 cm³/mol. The van der Waals surface area contributed by atoms with Crippen LogP contribution in [0.3, 0.4) is 0 Å². The molecule has 0 radical (unpaired) electrons. The monoisotopic (exact) mass is 436 g/mol. The second-order valence-electron chi connectivity index (χ2n) is 6.69. The fourth-order valence-corrected chi connectivity index (χ4v) is 4.25. The summed E-state index contributed by atoms with van der Waals surface area (Å²) in [4.78, 5) is 26.1. The second kappa shape index (κ2) is 11.4. The smallest absolute Gasteiger partial charge is 0.267 e. The highest BCUT2D eigenvalue weighted by Crippen LogP contribution is 2.14. The number of amides is 2. The van der Waals surface area contributed by atoms with E-state index in [4.69, 9.17) is 0 Å². The number of nitrogens with one attached hydrogen (secondary N) is 2. The van der Waals surface area contributed by atoms with E-state index in [1.807, 2.05) is 23.6 Å². The molecule has 0 atom stereocenters. The van der Waals surface area contributed by atoms with Gasteiger partial charge in [0.1, 0.15) is 5.70 Å². The number of thiophene rings is 1. The van der Waals surface area contributed by atoms with Crippen LogP contribution in [0.2, 0.25) is 0 Å². The summed E-state index contributed by atoms with van der Waals surface area (Å²) in [5.74, 6) is 1.10. The Labute approximate surface area is 185 Å². The maximum atomic E-state index is 12.7. The first-order valence-corrected chi connectivity index (χ1v) is 11.7. The van der Waals surface area contributed by atoms with Crippen LogP contribution < -0.4 is 10.6 Å². The van der Waals surface area contributed by atoms with Gasteiger partial charge in [-0.2, -0.15) is 11.8 Å². The Morgan fingerprint density at radius 3 is 2.60 bits per heavy atom. The Kier molecular flexibility index (Phi) is 8.30. The number of benzene rings is 2. The molecule has 154 valence electrons. The molecule has 6 heteroatoms. The van der Waals surface area contributed by atoms with E-state index in [0.717, 1.165) is 16.4 Å². The number of hydrogen-bond acceptors (Lipinski definition) is 4. The average Bonchev–Trinajstić information content (AvgIpc) is 3.27. The van der Waals surface area contributed by atoms with E-state index in [1.54, 1.807) is 42.1 Å². The van der Waals surface area contributed by atoms with Crippen LogP contribution in [0.1, 0.15) is 26.4 Å². The average molecular weight is 437 g/mol. The maximum absolute atomic E-state index is 12.7. The molecule has 0 fully saturated rings. The minimum atomic E-state index is -0.303. The number of aryl methyl sites for hydroxylation is 1. The molecular weight excluding hydrogens is 412 g/mol. The van der Waals surface area contributed by atoms with Crippen molar-refractivity contribution >= 4 is 41.0 Å². The highest BCUT2D eigenvalue weighted by atomic mass is 32.2. The Hall–Kier alpha value is -2.83. The van der Waals surface area contributed by atoms with Crippen LogP contribution in [0, 0.1) is 6.92 Å². The number of thioether (sulfide) groups is 1. The summed E-state index contributed by atoms with van der Waals surface area (Å²) in [7, 11) is 0. The topological polar surface area (TPSA) is 58.2 Å². The predicted octanol–water partition coefficient (Wildman–Crippen LogP) is 4.88. The van der Waals surface area contributed by atoms with Crippen molar-refractivity contribution in [2.45, 2.75) is 12.7 Å². The van der Waals surface area contributed by atoms with Gasteiger partial charge in [0, 0.05) is 28.5 Å². The Morgan fingerprint density at radius 2 is 1.87 bits per heavy atom. The third kappa shape index (κ3) is 6.90. The SMILES string of the molecule is Cc1cccc(CSCCNC(=O)/C(=C/c2cccs2)NC(=O)c2ccccc2)c1. The normalized spacial score (nSPS) is 11.2. The first kappa shape index (κ1) is 21.9. The fraction of sp³-hybridized carbons (Fsp3) is 0.167. The highest BCUT2D eigenvalue weighted by Gasteiger charge is 2.14. The van der Waals surface area contributed by atoms with Gasteiger partial charge >= 0.3 is 0 Å². The van der Waals surface area contributed by atoms with Gasteiger partial charge in [-0.25, -0.2) is 0 Å². The van der Waals surface area contributed by atoms with Crippen molar-refractivity contribution in [1.82, 2.24) is 10.6 Å². The van der Waals surface area contributed by atoms with Crippen molar-refractivity contribution in [3.63, 3.8) is 0 Å². The largest absolute Gasteiger partial charge is 0.350 e. The van der Waals surface area contributed by atoms with Gasteiger partial charge in [0.05, 0.1) is 0 Å². The minimum absolute atomic E-state index is 0.245. The molecule has 1 heterocycles. The molecule has 0 unspecified atom stereocenters. The summed E-state index contributed by atoms with van der Waals surface area (Å²) < 4.78 is 0. The van der Waals surface area contributed by atoms with Crippen LogP contribution in [0.5, 0.6) is 0 Å². The van der Waals surface area contributed by atoms with Gasteiger partial charge in [-0.15, -0.1) is 11.3 Å². The number of carbonyl (C=O) groups excluding carboxylic acids is 2. The van der Waals surface area contributed by atoms with E-state index in [0.29, 0.717) is 12.1 Å². The van der Waals surface area contributed by atoms with Crippen LogP contribution in [0.15, 0.2) is 77.8 Å². The Bertz CT molecular complexity index is 999. The molecule has 0 aliphatic heterocycles. The molecule has 0 aliphatic carbocycles. The molecule has 2 aromatic carbocycles. The molecule has 4 nitrogen and oxygen atoms in total. The van der Waals surface area contributed by atoms with Crippen molar-refractivity contribution in [1.29, 1.82) is 0 Å². The van der Waals surface area contributed by atoms with E-state index in [1.165, 1.54) is 22.5 Å². The molecule has 2 amide bonds. The van der Waals surface area contributed by atoms with Crippen molar-refractivity contribution in [3.05, 3.63) is 99.4 Å². The quantitative estimate of drug-likeness (QED) is 0.371. The lowest BCUT2D eigenvalue weighted by Crippen LogP contribution is -2.35. The molecule has 0 aliphatic rings. The summed E-state index contributed by atoms with van der Waals surface area (Å²) in [5.41, 5.74) is 3.28. The third-order valence-corrected chi connectivity index (χ3v) is 6.09. The van der Waals surface area contributed by atoms with Crippen molar-refractivity contribution in [3.8, 4) is 0 Å². The van der Waals surface area contributed by atoms with Crippen LogP contribution in [-0.4, -0.2) is 24.1 Å². The molecular formula is C24H24N2O2S2. The van der Waals surface area contributed by atoms with E-state index in [9.17, 15) is 9.59 Å². The lowest BCUT2D eigenvalue weighted by molar-refractivity contribution is -0.117. The van der Waals surface area contributed by atoms with Crippen LogP contribution in [0.25, 0.3) is 6.08 Å². The van der Waals surface area contributed by atoms with Crippen LogP contribution in [0.4, 0.5) is 0 Å². The summed E-state index contributed by atoms with van der Waals surface area (Å²) in [6, 6.07) is 21.1. The fourth-order valence-electron chi connectivity index (χ4n) is 2.78. The maximum Gasteiger partial charge on any atom is 0.267 e. The van der Waals surface area contributed by atoms with Crippen molar-refractivity contribution in [2.24, 2.45) is 0 Å². The van der Waals surface area contributed by atoms with Gasteiger partial charge < -0.3 is 10.6 Å².